The van der Waals surface area contributed by atoms with E-state index in [9.17, 15) is 19.2 Å². The molecule has 0 aliphatic rings. The van der Waals surface area contributed by atoms with Gasteiger partial charge >= 0.3 is 12.1 Å². The van der Waals surface area contributed by atoms with E-state index in [-0.39, 0.29) is 37.7 Å². The number of benzene rings is 2. The van der Waals surface area contributed by atoms with E-state index in [1.54, 1.807) is 48.5 Å². The lowest BCUT2D eigenvalue weighted by atomic mass is 10.2. The van der Waals surface area contributed by atoms with Gasteiger partial charge in [0.1, 0.15) is 31.3 Å². The van der Waals surface area contributed by atoms with Crippen LogP contribution in [-0.4, -0.2) is 62.9 Å². The van der Waals surface area contributed by atoms with Crippen LogP contribution in [0.15, 0.2) is 65.8 Å². The Hall–Kier alpha value is -4.87. The fourth-order valence-electron chi connectivity index (χ4n) is 2.78. The number of rotatable bonds is 14. The second-order valence-corrected chi connectivity index (χ2v) is 7.61. The third kappa shape index (κ3) is 9.64. The Morgan fingerprint density at radius 3 is 2.18 bits per heavy atom. The zero-order chi connectivity index (χ0) is 27.9. The van der Waals surface area contributed by atoms with Gasteiger partial charge in [-0.3, -0.25) is 15.0 Å². The van der Waals surface area contributed by atoms with Gasteiger partial charge in [-0.05, 0) is 31.2 Å². The van der Waals surface area contributed by atoms with Crippen molar-refractivity contribution in [3.05, 3.63) is 60.7 Å². The molecule has 0 aliphatic carbocycles. The molecule has 2 aromatic rings. The first-order chi connectivity index (χ1) is 18.2. The van der Waals surface area contributed by atoms with Gasteiger partial charge in [-0.15, -0.1) is 0 Å². The molecule has 0 saturated heterocycles. The molecule has 2 amide bonds. The number of carbonyl (C=O) groups excluding carboxylic acids is 4. The Morgan fingerprint density at radius 1 is 0.868 bits per heavy atom. The van der Waals surface area contributed by atoms with Gasteiger partial charge in [0, 0.05) is 12.5 Å². The predicted octanol–water partition coefficient (Wildman–Crippen LogP) is 2.92. The van der Waals surface area contributed by atoms with Gasteiger partial charge in [-0.25, -0.2) is 9.59 Å². The average molecular weight is 527 g/mol. The van der Waals surface area contributed by atoms with Crippen molar-refractivity contribution in [2.24, 2.45) is 5.10 Å². The van der Waals surface area contributed by atoms with Crippen LogP contribution in [0.4, 0.5) is 16.2 Å². The normalized spacial score (nSPS) is 10.6. The molecule has 202 valence electrons. The van der Waals surface area contributed by atoms with Crippen LogP contribution >= 0.6 is 0 Å². The molecule has 0 unspecified atom stereocenters. The maximum atomic E-state index is 12.7. The molecule has 3 N–H and O–H groups in total. The van der Waals surface area contributed by atoms with Crippen molar-refractivity contribution in [1.29, 1.82) is 0 Å². The van der Waals surface area contributed by atoms with Crippen molar-refractivity contribution >= 4 is 40.8 Å². The van der Waals surface area contributed by atoms with Crippen molar-refractivity contribution in [3.63, 3.8) is 0 Å². The number of alkyl carbamates (subject to hydrolysis) is 1. The van der Waals surface area contributed by atoms with Crippen molar-refractivity contribution < 1.29 is 38.1 Å². The molecule has 0 fully saturated rings. The number of nitrogens with one attached hydrogen (secondary N) is 3. The minimum absolute atomic E-state index is 0.00826. The summed E-state index contributed by atoms with van der Waals surface area (Å²) < 4.78 is 20.7. The molecule has 2 rings (SSSR count). The number of para-hydroxylation sites is 4. The first kappa shape index (κ1) is 29.4. The summed E-state index contributed by atoms with van der Waals surface area (Å²) in [5.41, 5.74) is 3.33. The molecular weight excluding hydrogens is 496 g/mol. The van der Waals surface area contributed by atoms with Gasteiger partial charge in [0.05, 0.1) is 25.0 Å². The Bertz CT molecular complexity index is 1200. The summed E-state index contributed by atoms with van der Waals surface area (Å²) in [5, 5.41) is 9.01. The van der Waals surface area contributed by atoms with Crippen molar-refractivity contribution in [2.75, 3.05) is 44.2 Å². The Kier molecular flexibility index (Phi) is 11.8. The fourth-order valence-corrected chi connectivity index (χ4v) is 2.78. The Labute approximate surface area is 220 Å². The molecule has 38 heavy (non-hydrogen) atoms. The molecule has 2 aromatic carbocycles. The van der Waals surface area contributed by atoms with E-state index in [4.69, 9.17) is 18.9 Å². The molecule has 0 saturated carbocycles. The minimum Gasteiger partial charge on any atom is -0.495 e. The number of carbonyl (C=O) groups is 4. The number of amides is 2. The van der Waals surface area contributed by atoms with Gasteiger partial charge < -0.3 is 29.6 Å². The molecule has 0 radical (unpaired) electrons. The third-order valence-electron chi connectivity index (χ3n) is 4.61. The van der Waals surface area contributed by atoms with Gasteiger partial charge in [0.15, 0.2) is 11.5 Å². The van der Waals surface area contributed by atoms with Crippen LogP contribution in [0, 0.1) is 0 Å². The second-order valence-electron chi connectivity index (χ2n) is 7.61. The monoisotopic (exact) mass is 526 g/mol. The zero-order valence-electron chi connectivity index (χ0n) is 21.4. The maximum absolute atomic E-state index is 12.7. The molecule has 0 bridgehead atoms. The molecule has 12 heteroatoms. The van der Waals surface area contributed by atoms with Gasteiger partial charge in [-0.2, -0.15) is 5.10 Å². The smallest absolute Gasteiger partial charge is 0.407 e. The van der Waals surface area contributed by atoms with E-state index in [0.29, 0.717) is 22.9 Å². The van der Waals surface area contributed by atoms with Gasteiger partial charge in [0.2, 0.25) is 0 Å². The first-order valence-corrected chi connectivity index (χ1v) is 11.5. The van der Waals surface area contributed by atoms with E-state index >= 15 is 0 Å². The summed E-state index contributed by atoms with van der Waals surface area (Å²) in [6.45, 7) is 6.19. The van der Waals surface area contributed by atoms with E-state index in [2.05, 4.69) is 27.7 Å². The third-order valence-corrected chi connectivity index (χ3v) is 4.61. The molecular formula is C26H30N4O8. The van der Waals surface area contributed by atoms with Crippen molar-refractivity contribution in [1.82, 2.24) is 5.32 Å². The second kappa shape index (κ2) is 15.3. The largest absolute Gasteiger partial charge is 0.495 e. The van der Waals surface area contributed by atoms with Gasteiger partial charge in [-0.1, -0.05) is 30.8 Å². The van der Waals surface area contributed by atoms with Crippen LogP contribution in [0.25, 0.3) is 0 Å². The summed E-state index contributed by atoms with van der Waals surface area (Å²) in [5.74, 6) is -1.05. The molecule has 0 aliphatic heterocycles. The lowest BCUT2D eigenvalue weighted by molar-refractivity contribution is -0.138. The number of hydrogen-bond acceptors (Lipinski definition) is 10. The Morgan fingerprint density at radius 2 is 1.53 bits per heavy atom. The highest BCUT2D eigenvalue weighted by atomic mass is 16.6. The van der Waals surface area contributed by atoms with Crippen molar-refractivity contribution in [3.8, 4) is 11.5 Å². The highest BCUT2D eigenvalue weighted by Crippen LogP contribution is 2.24. The van der Waals surface area contributed by atoms with Crippen LogP contribution in [0.3, 0.4) is 0 Å². The lowest BCUT2D eigenvalue weighted by Gasteiger charge is -2.13. The predicted molar refractivity (Wildman–Crippen MR) is 140 cm³/mol. The van der Waals surface area contributed by atoms with Crippen LogP contribution in [0.2, 0.25) is 0 Å². The van der Waals surface area contributed by atoms with Crippen LogP contribution in [0.5, 0.6) is 11.5 Å². The molecule has 12 nitrogen and oxygen atoms in total. The maximum Gasteiger partial charge on any atom is 0.407 e. The molecule has 0 spiro atoms. The number of hydrazone groups is 1. The number of nitrogens with zero attached hydrogens (tertiary/aromatic N) is 1. The lowest BCUT2D eigenvalue weighted by Crippen LogP contribution is -2.30. The number of esters is 1. The zero-order valence-corrected chi connectivity index (χ0v) is 21.4. The molecule has 0 heterocycles. The Balaban J connectivity index is 1.89. The number of hydrogen-bond donors (Lipinski definition) is 3. The SMILES string of the molecule is C=C(C)C(=O)OCCNC(=O)OCCOc1ccccc1N/N=C(\C(C)=O)C(=O)Nc1ccccc1OC. The van der Waals surface area contributed by atoms with Crippen LogP contribution in [-0.2, 0) is 23.9 Å². The van der Waals surface area contributed by atoms with Crippen molar-refractivity contribution in [2.45, 2.75) is 13.8 Å². The molecule has 0 atom stereocenters. The van der Waals surface area contributed by atoms with Crippen LogP contribution < -0.4 is 25.5 Å². The van der Waals surface area contributed by atoms with E-state index in [0.717, 1.165) is 0 Å². The number of anilines is 2. The topological polar surface area (TPSA) is 154 Å². The van der Waals surface area contributed by atoms with Gasteiger partial charge in [0.25, 0.3) is 5.91 Å². The first-order valence-electron chi connectivity index (χ1n) is 11.5. The standard InChI is InChI=1S/C26H30N4O8/c1-17(2)25(33)37-14-13-27-26(34)38-16-15-36-22-12-8-6-10-20(22)29-30-23(18(3)31)24(32)28-19-9-5-7-11-21(19)35-4/h5-12,29H,1,13-16H2,2-4H3,(H,27,34)(H,28,32)/b30-23+. The number of ether oxygens (including phenoxy) is 4. The fraction of sp³-hybridized carbons (Fsp3) is 0.269. The summed E-state index contributed by atoms with van der Waals surface area (Å²) in [6, 6.07) is 13.4. The van der Waals surface area contributed by atoms with E-state index in [1.165, 1.54) is 21.0 Å². The number of Topliss-reactive ketones (excluding diaryl/α,β-unsaturated/α-hetero) is 1. The summed E-state index contributed by atoms with van der Waals surface area (Å²) in [7, 11) is 1.46. The molecule has 0 aromatic heterocycles. The van der Waals surface area contributed by atoms with E-state index in [1.807, 2.05) is 0 Å². The average Bonchev–Trinajstić information content (AvgIpc) is 2.89. The quantitative estimate of drug-likeness (QED) is 0.0842. The number of ketones is 1. The number of methoxy groups -OCH3 is 1. The summed E-state index contributed by atoms with van der Waals surface area (Å²) in [6.07, 6.45) is -0.705. The van der Waals surface area contributed by atoms with Crippen LogP contribution in [0.1, 0.15) is 13.8 Å². The summed E-state index contributed by atoms with van der Waals surface area (Å²) >= 11 is 0. The minimum atomic E-state index is -0.721. The summed E-state index contributed by atoms with van der Waals surface area (Å²) in [4.78, 5) is 47.8. The van der Waals surface area contributed by atoms with E-state index < -0.39 is 23.8 Å². The highest BCUT2D eigenvalue weighted by molar-refractivity contribution is 6.67. The highest BCUT2D eigenvalue weighted by Gasteiger charge is 2.19.